The van der Waals surface area contributed by atoms with Crippen molar-refractivity contribution in [1.29, 1.82) is 0 Å². The van der Waals surface area contributed by atoms with Crippen LogP contribution >= 0.6 is 8.53 Å². The number of aromatic nitrogens is 2. The number of H-pyrrole nitrogens is 1. The van der Waals surface area contributed by atoms with Crippen LogP contribution < -0.4 is 11.2 Å². The molecule has 0 aliphatic carbocycles. The molecule has 0 aromatic carbocycles. The van der Waals surface area contributed by atoms with Crippen LogP contribution in [0.4, 0.5) is 0 Å². The Hall–Kier alpha value is -0.833. The standard InChI is InChI=1S/C22H40N3O5PSi/c1-15(2)25-10-9-11-28-31(25)30-17-12-19(24-13-16(3)20(26)23-21(24)27)29-18(17)14-32(7,8)22(4,5)6/h13,15,17-19H,9-12,14H2,1-8H3,(H,23,26,27). The number of ether oxygens (including phenoxy) is 1. The van der Waals surface area contributed by atoms with Gasteiger partial charge in [0.1, 0.15) is 6.23 Å². The predicted octanol–water partition coefficient (Wildman–Crippen LogP) is 4.38. The van der Waals surface area contributed by atoms with E-state index >= 15 is 0 Å². The van der Waals surface area contributed by atoms with Crippen LogP contribution in [0.5, 0.6) is 0 Å². The van der Waals surface area contributed by atoms with Crippen molar-refractivity contribution in [2.24, 2.45) is 0 Å². The lowest BCUT2D eigenvalue weighted by Crippen LogP contribution is -2.43. The molecule has 2 saturated heterocycles. The number of nitrogens with zero attached hydrogens (tertiary/aromatic N) is 2. The average Bonchev–Trinajstić information content (AvgIpc) is 3.05. The average molecular weight is 486 g/mol. The van der Waals surface area contributed by atoms with Crippen LogP contribution in [0, 0.1) is 6.92 Å². The van der Waals surface area contributed by atoms with Gasteiger partial charge in [-0.3, -0.25) is 14.3 Å². The van der Waals surface area contributed by atoms with Crippen LogP contribution in [0.1, 0.15) is 59.3 Å². The number of hydrogen-bond donors (Lipinski definition) is 1. The Morgan fingerprint density at radius 3 is 2.62 bits per heavy atom. The molecule has 182 valence electrons. The highest BCUT2D eigenvalue weighted by Gasteiger charge is 2.46. The molecule has 1 N–H and O–H groups in total. The van der Waals surface area contributed by atoms with Crippen molar-refractivity contribution in [3.63, 3.8) is 0 Å². The van der Waals surface area contributed by atoms with Crippen molar-refractivity contribution in [2.45, 2.75) is 103 Å². The molecule has 4 unspecified atom stereocenters. The molecule has 0 spiro atoms. The van der Waals surface area contributed by atoms with Gasteiger partial charge in [-0.25, -0.2) is 9.46 Å². The summed E-state index contributed by atoms with van der Waals surface area (Å²) in [4.78, 5) is 26.8. The SMILES string of the molecule is Cc1cn(C2CC(OP3OCCCN3C(C)C)C(C[Si](C)(C)C(C)(C)C)O2)c(=O)[nH]c1=O. The molecular formula is C22H40N3O5PSi. The van der Waals surface area contributed by atoms with E-state index in [0.29, 0.717) is 24.6 Å². The van der Waals surface area contributed by atoms with Gasteiger partial charge in [-0.1, -0.05) is 33.9 Å². The first-order valence-corrected chi connectivity index (χ1v) is 16.0. The van der Waals surface area contributed by atoms with E-state index in [0.717, 1.165) is 19.0 Å². The number of hydrogen-bond acceptors (Lipinski definition) is 6. The van der Waals surface area contributed by atoms with Gasteiger partial charge in [0.05, 0.1) is 26.9 Å². The Morgan fingerprint density at radius 1 is 1.31 bits per heavy atom. The van der Waals surface area contributed by atoms with E-state index in [2.05, 4.69) is 57.4 Å². The van der Waals surface area contributed by atoms with Gasteiger partial charge in [-0.05, 0) is 38.3 Å². The number of nitrogens with one attached hydrogen (secondary N) is 1. The minimum atomic E-state index is -1.68. The van der Waals surface area contributed by atoms with E-state index < -0.39 is 28.5 Å². The van der Waals surface area contributed by atoms with E-state index in [4.69, 9.17) is 13.8 Å². The normalized spacial score (nSPS) is 27.9. The third-order valence-corrected chi connectivity index (χ3v) is 14.6. The Kier molecular flexibility index (Phi) is 7.90. The molecule has 3 rings (SSSR count). The number of rotatable bonds is 6. The second kappa shape index (κ2) is 9.80. The first-order valence-electron chi connectivity index (χ1n) is 11.6. The quantitative estimate of drug-likeness (QED) is 0.475. The highest BCUT2D eigenvalue weighted by atomic mass is 31.2. The summed E-state index contributed by atoms with van der Waals surface area (Å²) in [7, 11) is -2.84. The molecule has 4 atom stereocenters. The maximum absolute atomic E-state index is 12.5. The predicted molar refractivity (Wildman–Crippen MR) is 131 cm³/mol. The zero-order chi connectivity index (χ0) is 23.8. The van der Waals surface area contributed by atoms with E-state index in [1.54, 1.807) is 13.1 Å². The summed E-state index contributed by atoms with van der Waals surface area (Å²) in [5.41, 5.74) is -0.313. The molecule has 32 heavy (non-hydrogen) atoms. The van der Waals surface area contributed by atoms with Crippen LogP contribution in [0.25, 0.3) is 0 Å². The fourth-order valence-electron chi connectivity index (χ4n) is 3.95. The summed E-state index contributed by atoms with van der Waals surface area (Å²) in [6.45, 7) is 19.4. The number of aromatic amines is 1. The van der Waals surface area contributed by atoms with Gasteiger partial charge in [-0.15, -0.1) is 0 Å². The third kappa shape index (κ3) is 5.62. The van der Waals surface area contributed by atoms with Gasteiger partial charge >= 0.3 is 5.69 Å². The van der Waals surface area contributed by atoms with Crippen molar-refractivity contribution in [1.82, 2.24) is 14.2 Å². The van der Waals surface area contributed by atoms with Crippen LogP contribution in [-0.2, 0) is 13.8 Å². The third-order valence-electron chi connectivity index (χ3n) is 7.14. The molecule has 0 radical (unpaired) electrons. The van der Waals surface area contributed by atoms with Crippen LogP contribution in [-0.4, -0.2) is 53.7 Å². The monoisotopic (exact) mass is 485 g/mol. The highest BCUT2D eigenvalue weighted by Crippen LogP contribution is 2.52. The smallest absolute Gasteiger partial charge is 0.330 e. The van der Waals surface area contributed by atoms with Gasteiger partial charge in [0.25, 0.3) is 14.1 Å². The van der Waals surface area contributed by atoms with E-state index in [1.807, 2.05) is 0 Å². The van der Waals surface area contributed by atoms with Crippen molar-refractivity contribution in [2.75, 3.05) is 13.2 Å². The summed E-state index contributed by atoms with van der Waals surface area (Å²) in [6, 6.07) is 1.27. The first-order chi connectivity index (χ1) is 14.8. The van der Waals surface area contributed by atoms with Gasteiger partial charge in [0, 0.05) is 30.8 Å². The minimum Gasteiger partial charge on any atom is -0.352 e. The summed E-state index contributed by atoms with van der Waals surface area (Å²) < 4.78 is 23.0. The molecule has 0 saturated carbocycles. The number of aryl methyl sites for hydroxylation is 1. The lowest BCUT2D eigenvalue weighted by molar-refractivity contribution is -0.0103. The molecule has 10 heteroatoms. The summed E-state index contributed by atoms with van der Waals surface area (Å²) >= 11 is 0. The molecule has 2 fully saturated rings. The maximum Gasteiger partial charge on any atom is 0.330 e. The molecule has 2 aliphatic rings. The second-order valence-electron chi connectivity index (χ2n) is 11.0. The van der Waals surface area contributed by atoms with Gasteiger partial charge in [-0.2, -0.15) is 0 Å². The molecule has 3 heterocycles. The van der Waals surface area contributed by atoms with Crippen molar-refractivity contribution in [3.8, 4) is 0 Å². The molecule has 1 aromatic heterocycles. The van der Waals surface area contributed by atoms with Crippen molar-refractivity contribution < 1.29 is 13.8 Å². The molecule has 0 bridgehead atoms. The second-order valence-corrected chi connectivity index (χ2v) is 18.1. The molecular weight excluding hydrogens is 445 g/mol. The van der Waals surface area contributed by atoms with Crippen LogP contribution in [0.3, 0.4) is 0 Å². The molecule has 2 aliphatic heterocycles. The summed E-state index contributed by atoms with van der Waals surface area (Å²) in [5, 5.41) is 0.209. The lowest BCUT2D eigenvalue weighted by atomic mass is 10.2. The Labute approximate surface area is 193 Å². The maximum atomic E-state index is 12.5. The van der Waals surface area contributed by atoms with E-state index in [-0.39, 0.29) is 22.8 Å². The molecule has 0 amide bonds. The Bertz CT molecular complexity index is 910. The zero-order valence-electron chi connectivity index (χ0n) is 20.8. The van der Waals surface area contributed by atoms with Crippen molar-refractivity contribution in [3.05, 3.63) is 32.6 Å². The zero-order valence-corrected chi connectivity index (χ0v) is 22.7. The van der Waals surface area contributed by atoms with Gasteiger partial charge < -0.3 is 13.8 Å². The summed E-state index contributed by atoms with van der Waals surface area (Å²) in [6.07, 6.45) is 2.40. The largest absolute Gasteiger partial charge is 0.352 e. The highest BCUT2D eigenvalue weighted by molar-refractivity contribution is 7.44. The van der Waals surface area contributed by atoms with E-state index in [9.17, 15) is 9.59 Å². The summed E-state index contributed by atoms with van der Waals surface area (Å²) in [5.74, 6) is 0. The van der Waals surface area contributed by atoms with Crippen molar-refractivity contribution >= 4 is 16.6 Å². The molecule has 8 nitrogen and oxygen atoms in total. The first kappa shape index (κ1) is 25.8. The van der Waals surface area contributed by atoms with E-state index in [1.165, 1.54) is 4.57 Å². The van der Waals surface area contributed by atoms with Crippen LogP contribution in [0.15, 0.2) is 15.8 Å². The lowest BCUT2D eigenvalue weighted by Gasteiger charge is -2.41. The topological polar surface area (TPSA) is 85.8 Å². The fourth-order valence-corrected chi connectivity index (χ4v) is 7.68. The minimum absolute atomic E-state index is 0.123. The Balaban J connectivity index is 1.88. The Morgan fingerprint density at radius 2 is 2.00 bits per heavy atom. The fraction of sp³-hybridized carbons (Fsp3) is 0.818. The van der Waals surface area contributed by atoms with Crippen LogP contribution in [0.2, 0.25) is 24.2 Å². The van der Waals surface area contributed by atoms with Gasteiger partial charge in [0.2, 0.25) is 0 Å². The molecule has 1 aromatic rings. The van der Waals surface area contributed by atoms with Gasteiger partial charge in [0.15, 0.2) is 0 Å².